The molecule has 0 aliphatic heterocycles. The van der Waals surface area contributed by atoms with E-state index in [1.54, 1.807) is 18.3 Å². The van der Waals surface area contributed by atoms with Crippen molar-refractivity contribution < 1.29 is 8.42 Å². The molecule has 0 saturated carbocycles. The number of anilines is 1. The van der Waals surface area contributed by atoms with Crippen LogP contribution >= 0.6 is 11.6 Å². The Balaban J connectivity index is 2.06. The van der Waals surface area contributed by atoms with Gasteiger partial charge in [0.2, 0.25) is 0 Å². The van der Waals surface area contributed by atoms with Gasteiger partial charge in [0.25, 0.3) is 10.0 Å². The van der Waals surface area contributed by atoms with E-state index >= 15 is 0 Å². The molecule has 0 radical (unpaired) electrons. The fourth-order valence-electron chi connectivity index (χ4n) is 1.83. The highest BCUT2D eigenvalue weighted by molar-refractivity contribution is 7.92. The Morgan fingerprint density at radius 1 is 1.20 bits per heavy atom. The van der Waals surface area contributed by atoms with E-state index in [1.165, 1.54) is 18.3 Å². The quantitative estimate of drug-likeness (QED) is 0.727. The van der Waals surface area contributed by atoms with Crippen LogP contribution in [0.4, 0.5) is 5.69 Å². The number of nitrogens with one attached hydrogen (secondary N) is 2. The maximum absolute atomic E-state index is 12.3. The first-order valence-electron chi connectivity index (χ1n) is 5.63. The molecular formula is C12H9ClN4O2S. The predicted molar refractivity (Wildman–Crippen MR) is 76.1 cm³/mol. The largest absolute Gasteiger partial charge is 0.277 e. The van der Waals surface area contributed by atoms with Crippen LogP contribution in [0.2, 0.25) is 5.15 Å². The van der Waals surface area contributed by atoms with E-state index in [0.717, 1.165) is 5.39 Å². The third-order valence-electron chi connectivity index (χ3n) is 2.74. The fourth-order valence-corrected chi connectivity index (χ4v) is 3.35. The molecule has 8 heteroatoms. The number of para-hydroxylation sites is 1. The van der Waals surface area contributed by atoms with Gasteiger partial charge in [-0.3, -0.25) is 9.82 Å². The summed E-state index contributed by atoms with van der Waals surface area (Å²) in [7, 11) is -3.81. The van der Waals surface area contributed by atoms with E-state index < -0.39 is 10.0 Å². The summed E-state index contributed by atoms with van der Waals surface area (Å²) >= 11 is 5.82. The second-order valence-corrected chi connectivity index (χ2v) is 6.05. The summed E-state index contributed by atoms with van der Waals surface area (Å²) in [5, 5.41) is 7.37. The van der Waals surface area contributed by atoms with Crippen LogP contribution in [0.3, 0.4) is 0 Å². The Morgan fingerprint density at radius 2 is 2.05 bits per heavy atom. The van der Waals surface area contributed by atoms with E-state index in [0.29, 0.717) is 11.2 Å². The van der Waals surface area contributed by atoms with E-state index in [1.807, 2.05) is 6.07 Å². The van der Waals surface area contributed by atoms with Crippen molar-refractivity contribution >= 4 is 38.2 Å². The number of aromatic nitrogens is 3. The lowest BCUT2D eigenvalue weighted by molar-refractivity contribution is 0.601. The Hall–Kier alpha value is -2.12. The molecule has 0 fully saturated rings. The molecule has 0 aliphatic carbocycles. The van der Waals surface area contributed by atoms with Crippen LogP contribution in [-0.2, 0) is 10.0 Å². The van der Waals surface area contributed by atoms with Gasteiger partial charge >= 0.3 is 0 Å². The van der Waals surface area contributed by atoms with Gasteiger partial charge in [0.15, 0.2) is 0 Å². The summed E-state index contributed by atoms with van der Waals surface area (Å²) in [6, 6.07) is 8.11. The summed E-state index contributed by atoms with van der Waals surface area (Å²) in [6.07, 6.45) is 3.04. The monoisotopic (exact) mass is 308 g/mol. The summed E-state index contributed by atoms with van der Waals surface area (Å²) < 4.78 is 27.1. The molecule has 1 aromatic carbocycles. The number of nitrogens with zero attached hydrogens (tertiary/aromatic N) is 2. The molecule has 0 atom stereocenters. The van der Waals surface area contributed by atoms with Crippen LogP contribution in [0.5, 0.6) is 0 Å². The molecule has 20 heavy (non-hydrogen) atoms. The number of hydrogen-bond donors (Lipinski definition) is 2. The number of sulfonamides is 1. The molecule has 0 bridgehead atoms. The highest BCUT2D eigenvalue weighted by atomic mass is 35.5. The minimum Gasteiger partial charge on any atom is -0.277 e. The highest BCUT2D eigenvalue weighted by Crippen LogP contribution is 2.25. The van der Waals surface area contributed by atoms with Crippen molar-refractivity contribution in [1.29, 1.82) is 0 Å². The number of aromatic amines is 1. The van der Waals surface area contributed by atoms with Crippen LogP contribution in [-0.4, -0.2) is 23.6 Å². The molecule has 3 rings (SSSR count). The SMILES string of the molecule is O=S(=O)(Nc1cccc2cn[nH]c12)c1cccnc1Cl. The normalized spacial score (nSPS) is 11.7. The van der Waals surface area contributed by atoms with Gasteiger partial charge in [-0.2, -0.15) is 5.10 Å². The summed E-state index contributed by atoms with van der Waals surface area (Å²) in [6.45, 7) is 0. The van der Waals surface area contributed by atoms with Crippen molar-refractivity contribution in [2.24, 2.45) is 0 Å². The van der Waals surface area contributed by atoms with Crippen LogP contribution < -0.4 is 4.72 Å². The Kier molecular flexibility index (Phi) is 3.07. The number of pyridine rings is 1. The number of fused-ring (bicyclic) bond motifs is 1. The number of rotatable bonds is 3. The molecular weight excluding hydrogens is 300 g/mol. The maximum Gasteiger partial charge on any atom is 0.265 e. The zero-order chi connectivity index (χ0) is 14.2. The van der Waals surface area contributed by atoms with E-state index in [2.05, 4.69) is 19.9 Å². The molecule has 6 nitrogen and oxygen atoms in total. The number of hydrogen-bond acceptors (Lipinski definition) is 4. The standard InChI is InChI=1S/C12H9ClN4O2S/c13-12-10(5-2-6-14-12)20(18,19)17-9-4-1-3-8-7-15-16-11(8)9/h1-7,17H,(H,15,16). The molecule has 0 spiro atoms. The Bertz CT molecular complexity index is 876. The molecule has 0 aliphatic rings. The third-order valence-corrected chi connectivity index (χ3v) is 4.55. The van der Waals surface area contributed by atoms with Crippen molar-refractivity contribution in [2.75, 3.05) is 4.72 Å². The third kappa shape index (κ3) is 2.21. The van der Waals surface area contributed by atoms with Crippen molar-refractivity contribution in [3.63, 3.8) is 0 Å². The predicted octanol–water partition coefficient (Wildman–Crippen LogP) is 2.41. The van der Waals surface area contributed by atoms with Crippen LogP contribution in [0.15, 0.2) is 47.6 Å². The second-order valence-electron chi connectivity index (χ2n) is 4.04. The van der Waals surface area contributed by atoms with Gasteiger partial charge < -0.3 is 0 Å². The van der Waals surface area contributed by atoms with Gasteiger partial charge in [-0.25, -0.2) is 13.4 Å². The number of halogens is 1. The topological polar surface area (TPSA) is 87.7 Å². The van der Waals surface area contributed by atoms with Gasteiger partial charge in [-0.05, 0) is 18.2 Å². The van der Waals surface area contributed by atoms with Crippen molar-refractivity contribution in [3.8, 4) is 0 Å². The van der Waals surface area contributed by atoms with E-state index in [9.17, 15) is 8.42 Å². The average molecular weight is 309 g/mol. The molecule has 0 unspecified atom stereocenters. The molecule has 2 N–H and O–H groups in total. The van der Waals surface area contributed by atoms with Gasteiger partial charge in [-0.15, -0.1) is 0 Å². The van der Waals surface area contributed by atoms with Gasteiger partial charge in [0, 0.05) is 11.6 Å². The Morgan fingerprint density at radius 3 is 2.85 bits per heavy atom. The summed E-state index contributed by atoms with van der Waals surface area (Å²) in [4.78, 5) is 3.69. The van der Waals surface area contributed by atoms with Crippen molar-refractivity contribution in [1.82, 2.24) is 15.2 Å². The second kappa shape index (κ2) is 4.77. The van der Waals surface area contributed by atoms with Gasteiger partial charge in [0.05, 0.1) is 17.4 Å². The lowest BCUT2D eigenvalue weighted by atomic mass is 10.2. The van der Waals surface area contributed by atoms with Gasteiger partial charge in [0.1, 0.15) is 10.0 Å². The Labute approximate surface area is 119 Å². The fraction of sp³-hybridized carbons (Fsp3) is 0. The smallest absolute Gasteiger partial charge is 0.265 e. The lowest BCUT2D eigenvalue weighted by Crippen LogP contribution is -2.14. The highest BCUT2D eigenvalue weighted by Gasteiger charge is 2.19. The molecule has 2 heterocycles. The number of benzene rings is 1. The lowest BCUT2D eigenvalue weighted by Gasteiger charge is -2.09. The summed E-state index contributed by atoms with van der Waals surface area (Å²) in [5.41, 5.74) is 1.01. The van der Waals surface area contributed by atoms with Crippen LogP contribution in [0, 0.1) is 0 Å². The first-order valence-corrected chi connectivity index (χ1v) is 7.49. The molecule has 2 aromatic heterocycles. The minimum absolute atomic E-state index is 0.0711. The zero-order valence-electron chi connectivity index (χ0n) is 10.0. The van der Waals surface area contributed by atoms with E-state index in [4.69, 9.17) is 11.6 Å². The summed E-state index contributed by atoms with van der Waals surface area (Å²) in [5.74, 6) is 0. The zero-order valence-corrected chi connectivity index (χ0v) is 11.6. The van der Waals surface area contributed by atoms with Crippen LogP contribution in [0.1, 0.15) is 0 Å². The number of H-pyrrole nitrogens is 1. The molecule has 0 amide bonds. The van der Waals surface area contributed by atoms with Crippen molar-refractivity contribution in [3.05, 3.63) is 47.9 Å². The van der Waals surface area contributed by atoms with E-state index in [-0.39, 0.29) is 10.0 Å². The first-order chi connectivity index (χ1) is 9.58. The minimum atomic E-state index is -3.81. The first kappa shape index (κ1) is 12.9. The van der Waals surface area contributed by atoms with Gasteiger partial charge in [-0.1, -0.05) is 23.7 Å². The molecule has 102 valence electrons. The van der Waals surface area contributed by atoms with Crippen molar-refractivity contribution in [2.45, 2.75) is 4.90 Å². The van der Waals surface area contributed by atoms with Crippen LogP contribution in [0.25, 0.3) is 10.9 Å². The average Bonchev–Trinajstić information content (AvgIpc) is 2.88. The molecule has 0 saturated heterocycles. The maximum atomic E-state index is 12.3. The molecule has 3 aromatic rings.